The largest absolute Gasteiger partial charge is 0.451 e. The van der Waals surface area contributed by atoms with Gasteiger partial charge in [-0.1, -0.05) is 102 Å². The van der Waals surface area contributed by atoms with Crippen molar-refractivity contribution >= 4 is 74.1 Å². The van der Waals surface area contributed by atoms with Gasteiger partial charge in [0.15, 0.2) is 27.4 Å². The van der Waals surface area contributed by atoms with Gasteiger partial charge in [-0.2, -0.15) is 0 Å². The maximum absolute atomic E-state index is 14.0. The van der Waals surface area contributed by atoms with E-state index in [1.54, 1.807) is 66.0 Å². The average molecular weight is 707 g/mol. The number of nitrogens with one attached hydrogen (secondary N) is 1. The molecule has 0 saturated carbocycles. The van der Waals surface area contributed by atoms with E-state index in [1.165, 1.54) is 26.1 Å². The number of pyridine rings is 1. The molecule has 0 unspecified atom stereocenters. The third-order valence-corrected chi connectivity index (χ3v) is 11.0. The van der Waals surface area contributed by atoms with E-state index in [2.05, 4.69) is 4.98 Å². The predicted molar refractivity (Wildman–Crippen MR) is 169 cm³/mol. The van der Waals surface area contributed by atoms with Gasteiger partial charge in [-0.05, 0) is 37.1 Å². The number of alkyl halides is 3. The number of fused-ring (bicyclic) bond motifs is 1. The highest BCUT2D eigenvalue weighted by Gasteiger charge is 2.71. The highest BCUT2D eigenvalue weighted by Crippen LogP contribution is 2.51. The van der Waals surface area contributed by atoms with Gasteiger partial charge in [0, 0.05) is 11.8 Å². The van der Waals surface area contributed by atoms with E-state index in [4.69, 9.17) is 44.3 Å². The van der Waals surface area contributed by atoms with E-state index >= 15 is 0 Å². The van der Waals surface area contributed by atoms with Crippen molar-refractivity contribution in [2.75, 3.05) is 6.61 Å². The Bertz CT molecular complexity index is 1780. The molecule has 3 heterocycles. The molecule has 3 aromatic rings. The summed E-state index contributed by atoms with van der Waals surface area (Å²) in [6.07, 6.45) is -0.813. The van der Waals surface area contributed by atoms with Crippen LogP contribution in [0.3, 0.4) is 0 Å². The van der Waals surface area contributed by atoms with Gasteiger partial charge in [0.25, 0.3) is 15.6 Å². The quantitative estimate of drug-likeness (QED) is 0.162. The number of ether oxygens (including phenoxy) is 2. The second-order valence-electron chi connectivity index (χ2n) is 10.9. The third-order valence-electron chi connectivity index (χ3n) is 7.71. The Kier molecular flexibility index (Phi) is 9.20. The fraction of sp³-hybridized carbons (Fsp3) is 0.258. The number of aromatic nitrogens is 1. The lowest BCUT2D eigenvalue weighted by molar-refractivity contribution is -0.160. The lowest BCUT2D eigenvalue weighted by atomic mass is 9.91. The number of alkyl carbamates (subject to hydrolysis) is 1. The maximum Gasteiger partial charge on any atom is 0.414 e. The van der Waals surface area contributed by atoms with Crippen LogP contribution in [0.5, 0.6) is 0 Å². The van der Waals surface area contributed by atoms with Gasteiger partial charge in [0.1, 0.15) is 11.4 Å². The molecular weight excluding hydrogens is 681 g/mol. The number of esters is 1. The Morgan fingerprint density at radius 1 is 0.957 bits per heavy atom. The summed E-state index contributed by atoms with van der Waals surface area (Å²) < 4.78 is 34.9. The summed E-state index contributed by atoms with van der Waals surface area (Å²) in [5.41, 5.74) is 1.12. The Balaban J connectivity index is 1.50. The number of carbonyl (C=O) groups excluding carboxylic acids is 4. The molecule has 15 heteroatoms. The molecule has 2 atom stereocenters. The fourth-order valence-corrected chi connectivity index (χ4v) is 7.68. The first kappa shape index (κ1) is 33.4. The maximum atomic E-state index is 14.0. The van der Waals surface area contributed by atoms with Crippen LogP contribution in [-0.4, -0.2) is 68.7 Å². The number of amides is 3. The highest BCUT2D eigenvalue weighted by atomic mass is 35.6. The van der Waals surface area contributed by atoms with E-state index < -0.39 is 66.4 Å². The first-order chi connectivity index (χ1) is 21.7. The van der Waals surface area contributed by atoms with Crippen molar-refractivity contribution in [2.24, 2.45) is 0 Å². The summed E-state index contributed by atoms with van der Waals surface area (Å²) in [4.78, 5) is 57.2. The van der Waals surface area contributed by atoms with Crippen molar-refractivity contribution in [1.82, 2.24) is 15.2 Å². The van der Waals surface area contributed by atoms with Crippen molar-refractivity contribution in [1.29, 1.82) is 0 Å². The van der Waals surface area contributed by atoms with E-state index in [0.29, 0.717) is 11.1 Å². The summed E-state index contributed by atoms with van der Waals surface area (Å²) in [6.45, 7) is 2.02. The lowest BCUT2D eigenvalue weighted by Crippen LogP contribution is -2.59. The number of hydrogen-bond donors (Lipinski definition) is 1. The van der Waals surface area contributed by atoms with Crippen LogP contribution in [0, 0.1) is 0 Å². The molecule has 2 saturated heterocycles. The molecule has 1 aromatic heterocycles. The van der Waals surface area contributed by atoms with E-state index in [0.717, 1.165) is 4.90 Å². The van der Waals surface area contributed by atoms with Gasteiger partial charge in [-0.3, -0.25) is 19.9 Å². The molecule has 0 spiro atoms. The van der Waals surface area contributed by atoms with Gasteiger partial charge < -0.3 is 14.4 Å². The third kappa shape index (κ3) is 6.09. The second kappa shape index (κ2) is 12.7. The topological polar surface area (TPSA) is 149 Å². The predicted octanol–water partition coefficient (Wildman–Crippen LogP) is 4.53. The summed E-state index contributed by atoms with van der Waals surface area (Å²) in [6, 6.07) is 21.0. The number of benzene rings is 2. The number of hydrogen-bond acceptors (Lipinski definition) is 9. The van der Waals surface area contributed by atoms with Gasteiger partial charge >= 0.3 is 12.1 Å². The number of imide groups is 1. The van der Waals surface area contributed by atoms with E-state index in [-0.39, 0.29) is 16.8 Å². The molecule has 0 radical (unpaired) electrons. The van der Waals surface area contributed by atoms with E-state index in [9.17, 15) is 27.6 Å². The van der Waals surface area contributed by atoms with Crippen LogP contribution < -0.4 is 5.32 Å². The number of nitrogens with zero attached hydrogens (tertiary/aromatic N) is 2. The molecule has 2 aliphatic heterocycles. The molecule has 3 amide bonds. The summed E-state index contributed by atoms with van der Waals surface area (Å²) >= 11 is 16.5. The Morgan fingerprint density at radius 3 is 2.04 bits per heavy atom. The minimum atomic E-state index is -4.28. The molecule has 0 bridgehead atoms. The van der Waals surface area contributed by atoms with Gasteiger partial charge in [0.2, 0.25) is 0 Å². The number of β-lactam (4-membered cyclic amide) rings is 1. The van der Waals surface area contributed by atoms with Crippen molar-refractivity contribution < 1.29 is 37.1 Å². The normalized spacial score (nSPS) is 20.7. The summed E-state index contributed by atoms with van der Waals surface area (Å²) in [5, 5.41) is 0.164. The lowest BCUT2D eigenvalue weighted by Gasteiger charge is -2.40. The Morgan fingerprint density at radius 2 is 1.52 bits per heavy atom. The zero-order valence-corrected chi connectivity index (χ0v) is 27.3. The minimum Gasteiger partial charge on any atom is -0.451 e. The monoisotopic (exact) mass is 705 g/mol. The molecule has 2 aliphatic rings. The van der Waals surface area contributed by atoms with Crippen LogP contribution in [0.2, 0.25) is 0 Å². The van der Waals surface area contributed by atoms with Crippen LogP contribution >= 0.6 is 34.8 Å². The first-order valence-corrected chi connectivity index (χ1v) is 16.4. The Hall–Kier alpha value is -3.97. The van der Waals surface area contributed by atoms with Crippen molar-refractivity contribution in [3.63, 3.8) is 0 Å². The minimum absolute atomic E-state index is 0.0526. The molecule has 5 rings (SSSR count). The number of carbonyl (C=O) groups is 4. The molecule has 2 fully saturated rings. The second-order valence-corrected chi connectivity index (χ2v) is 15.8. The van der Waals surface area contributed by atoms with Crippen molar-refractivity contribution in [3.05, 3.63) is 107 Å². The molecule has 240 valence electrons. The molecule has 2 aromatic carbocycles. The summed E-state index contributed by atoms with van der Waals surface area (Å²) in [5.74, 6) is -2.99. The van der Waals surface area contributed by atoms with Crippen LogP contribution in [0.1, 0.15) is 36.8 Å². The van der Waals surface area contributed by atoms with Crippen molar-refractivity contribution in [3.8, 4) is 0 Å². The van der Waals surface area contributed by atoms with Crippen LogP contribution in [0.15, 0.2) is 90.6 Å². The van der Waals surface area contributed by atoms with Crippen molar-refractivity contribution in [2.45, 2.75) is 39.9 Å². The standard InChI is InChI=1S/C31H26Cl3N3O8S/c1-30(2)24(27(39)45-23(18-11-5-3-6-12-18)19-13-7-4-8-14-19)37-25(38)22(26(37)46(30,42)43)20(21-15-9-10-16-35-21)17-44-29(41)36-28(40)31(32,33)34/h3-16,23-24,26H,17H2,1-2H3,(H,36,40,41)/t24-,26+/m0/s1. The molecular formula is C31H26Cl3N3O8S. The smallest absolute Gasteiger partial charge is 0.414 e. The zero-order valence-electron chi connectivity index (χ0n) is 24.2. The van der Waals surface area contributed by atoms with Gasteiger partial charge in [0.05, 0.1) is 11.3 Å². The summed E-state index contributed by atoms with van der Waals surface area (Å²) in [7, 11) is -4.28. The average Bonchev–Trinajstić information content (AvgIpc) is 3.17. The first-order valence-electron chi connectivity index (χ1n) is 13.7. The number of rotatable bonds is 7. The molecule has 46 heavy (non-hydrogen) atoms. The van der Waals surface area contributed by atoms with Gasteiger partial charge in [-0.15, -0.1) is 0 Å². The molecule has 0 aliphatic carbocycles. The molecule has 11 nitrogen and oxygen atoms in total. The van der Waals surface area contributed by atoms with Crippen LogP contribution in [0.4, 0.5) is 4.79 Å². The number of sulfone groups is 1. The SMILES string of the molecule is CC1(C)[C@H](C(=O)OC(c2ccccc2)c2ccccc2)N2C(=O)C(=C(COC(=O)NC(=O)C(Cl)(Cl)Cl)c3ccccn3)[C@H]2S1(=O)=O. The fourth-order valence-electron chi connectivity index (χ4n) is 5.37. The van der Waals surface area contributed by atoms with Crippen LogP contribution in [0.25, 0.3) is 5.57 Å². The number of halogens is 3. The molecule has 1 N–H and O–H groups in total. The highest BCUT2D eigenvalue weighted by molar-refractivity contribution is 7.94. The van der Waals surface area contributed by atoms with Crippen LogP contribution in [-0.2, 0) is 33.7 Å². The van der Waals surface area contributed by atoms with E-state index in [1.807, 2.05) is 12.1 Å². The zero-order chi connectivity index (χ0) is 33.4. The van der Waals surface area contributed by atoms with Gasteiger partial charge in [-0.25, -0.2) is 18.0 Å². The Labute approximate surface area is 279 Å².